The van der Waals surface area contributed by atoms with Gasteiger partial charge in [0.05, 0.1) is 0 Å². The fourth-order valence-electron chi connectivity index (χ4n) is 0.911. The molecule has 1 aliphatic rings. The number of amides is 1. The highest BCUT2D eigenvalue weighted by atomic mass is 16.6. The van der Waals surface area contributed by atoms with Crippen molar-refractivity contribution in [1.82, 2.24) is 0 Å². The number of nitrogens with two attached hydrogens (primary N) is 1. The number of rotatable bonds is 4. The van der Waals surface area contributed by atoms with Crippen LogP contribution >= 0.6 is 0 Å². The van der Waals surface area contributed by atoms with E-state index >= 15 is 0 Å². The molecule has 12 heavy (non-hydrogen) atoms. The first-order chi connectivity index (χ1) is 5.66. The van der Waals surface area contributed by atoms with Crippen LogP contribution in [-0.4, -0.2) is 23.9 Å². The molecule has 1 heterocycles. The molecule has 0 saturated carbocycles. The van der Waals surface area contributed by atoms with Gasteiger partial charge in [-0.1, -0.05) is 0 Å². The van der Waals surface area contributed by atoms with Crippen molar-refractivity contribution < 1.29 is 14.3 Å². The fraction of sp³-hybridized carbons (Fsp3) is 0.500. The monoisotopic (exact) mass is 167 g/mol. The molecule has 2 unspecified atom stereocenters. The molecular formula is C8H9NO3. The number of carbonyl (C=O) groups excluding carboxylic acids is 2. The molecule has 1 saturated heterocycles. The molecule has 1 aliphatic heterocycles. The molecule has 4 nitrogen and oxygen atoms in total. The number of terminal acetylenes is 1. The van der Waals surface area contributed by atoms with Gasteiger partial charge in [0.15, 0.2) is 18.0 Å². The Bertz CT molecular complexity index is 254. The number of primary amides is 1. The van der Waals surface area contributed by atoms with Crippen molar-refractivity contribution in [3.05, 3.63) is 0 Å². The summed E-state index contributed by atoms with van der Waals surface area (Å²) in [5.41, 5.74) is 4.90. The summed E-state index contributed by atoms with van der Waals surface area (Å²) in [5.74, 6) is 1.60. The number of hydrogen-bond donors (Lipinski definition) is 1. The van der Waals surface area contributed by atoms with Crippen molar-refractivity contribution in [2.75, 3.05) is 0 Å². The van der Waals surface area contributed by atoms with E-state index < -0.39 is 18.1 Å². The minimum absolute atomic E-state index is 0.142. The molecule has 0 aliphatic carbocycles. The van der Waals surface area contributed by atoms with Crippen LogP contribution in [0, 0.1) is 12.3 Å². The lowest BCUT2D eigenvalue weighted by Crippen LogP contribution is -2.22. The number of Topliss-reactive ketones (excluding diaryl/α,β-unsaturated/α-hetero) is 1. The van der Waals surface area contributed by atoms with E-state index in [0.717, 1.165) is 0 Å². The van der Waals surface area contributed by atoms with Crippen molar-refractivity contribution in [1.29, 1.82) is 0 Å². The van der Waals surface area contributed by atoms with Gasteiger partial charge >= 0.3 is 0 Å². The van der Waals surface area contributed by atoms with Gasteiger partial charge < -0.3 is 10.5 Å². The van der Waals surface area contributed by atoms with Crippen molar-refractivity contribution in [2.45, 2.75) is 25.0 Å². The summed E-state index contributed by atoms with van der Waals surface area (Å²) in [7, 11) is 0. The highest BCUT2D eigenvalue weighted by molar-refractivity contribution is 5.95. The van der Waals surface area contributed by atoms with Crippen LogP contribution in [-0.2, 0) is 14.3 Å². The Hall–Kier alpha value is -1.34. The Morgan fingerprint density at radius 3 is 2.58 bits per heavy atom. The summed E-state index contributed by atoms with van der Waals surface area (Å²) >= 11 is 0. The second-order valence-electron chi connectivity index (χ2n) is 2.55. The smallest absolute Gasteiger partial charge is 0.249 e. The Morgan fingerprint density at radius 2 is 2.17 bits per heavy atom. The highest BCUT2D eigenvalue weighted by Crippen LogP contribution is 2.23. The largest absolute Gasteiger partial charge is 0.367 e. The molecule has 0 bridgehead atoms. The number of ether oxygens (including phenoxy) is 1. The maximum Gasteiger partial charge on any atom is 0.249 e. The van der Waals surface area contributed by atoms with Crippen LogP contribution in [0.25, 0.3) is 0 Å². The molecule has 1 fully saturated rings. The lowest BCUT2D eigenvalue weighted by atomic mass is 10.1. The molecule has 0 aromatic rings. The van der Waals surface area contributed by atoms with Crippen LogP contribution in [0.3, 0.4) is 0 Å². The third-order valence-corrected chi connectivity index (χ3v) is 1.61. The number of hydrogen-bond acceptors (Lipinski definition) is 3. The summed E-state index contributed by atoms with van der Waals surface area (Å²) in [6.07, 6.45) is 4.25. The topological polar surface area (TPSA) is 72.7 Å². The quantitative estimate of drug-likeness (QED) is 0.441. The summed E-state index contributed by atoms with van der Waals surface area (Å²) in [6.45, 7) is 0. The first-order valence-electron chi connectivity index (χ1n) is 3.57. The summed E-state index contributed by atoms with van der Waals surface area (Å²) in [4.78, 5) is 21.5. The molecule has 1 rings (SSSR count). The van der Waals surface area contributed by atoms with Gasteiger partial charge in [0.1, 0.15) is 0 Å². The molecule has 4 heteroatoms. The van der Waals surface area contributed by atoms with Crippen LogP contribution in [0.2, 0.25) is 0 Å². The van der Waals surface area contributed by atoms with E-state index in [1.54, 1.807) is 0 Å². The van der Waals surface area contributed by atoms with E-state index in [4.69, 9.17) is 16.9 Å². The molecule has 2 N–H and O–H groups in total. The minimum Gasteiger partial charge on any atom is -0.367 e. The van der Waals surface area contributed by atoms with Crippen molar-refractivity contribution in [2.24, 2.45) is 5.73 Å². The minimum atomic E-state index is -0.713. The van der Waals surface area contributed by atoms with E-state index in [-0.39, 0.29) is 12.2 Å². The number of epoxide rings is 1. The zero-order valence-corrected chi connectivity index (χ0v) is 6.45. The van der Waals surface area contributed by atoms with E-state index in [0.29, 0.717) is 6.42 Å². The summed E-state index contributed by atoms with van der Waals surface area (Å²) < 4.78 is 4.74. The molecular weight excluding hydrogens is 158 g/mol. The molecule has 0 aromatic carbocycles. The maximum atomic E-state index is 11.1. The van der Waals surface area contributed by atoms with Crippen molar-refractivity contribution >= 4 is 11.7 Å². The second kappa shape index (κ2) is 3.37. The van der Waals surface area contributed by atoms with E-state index in [9.17, 15) is 9.59 Å². The van der Waals surface area contributed by atoms with Gasteiger partial charge in [-0.2, -0.15) is 0 Å². The zero-order valence-electron chi connectivity index (χ0n) is 6.45. The van der Waals surface area contributed by atoms with Crippen molar-refractivity contribution in [3.8, 4) is 12.3 Å². The molecule has 2 atom stereocenters. The number of ketones is 1. The highest BCUT2D eigenvalue weighted by Gasteiger charge is 2.48. The van der Waals surface area contributed by atoms with Crippen LogP contribution in [0.1, 0.15) is 12.8 Å². The van der Waals surface area contributed by atoms with Gasteiger partial charge in [-0.05, 0) is 0 Å². The van der Waals surface area contributed by atoms with Gasteiger partial charge in [-0.3, -0.25) is 9.59 Å². The lowest BCUT2D eigenvalue weighted by molar-refractivity contribution is -0.121. The Kier molecular flexibility index (Phi) is 2.46. The predicted octanol–water partition coefficient (Wildman–Crippen LogP) is -0.778. The Labute approximate surface area is 70.1 Å². The van der Waals surface area contributed by atoms with Gasteiger partial charge in [0.25, 0.3) is 0 Å². The zero-order chi connectivity index (χ0) is 9.14. The van der Waals surface area contributed by atoms with Gasteiger partial charge in [0.2, 0.25) is 5.91 Å². The van der Waals surface area contributed by atoms with E-state index in [2.05, 4.69) is 5.92 Å². The summed E-state index contributed by atoms with van der Waals surface area (Å²) in [5, 5.41) is 0. The average Bonchev–Trinajstić information content (AvgIpc) is 2.78. The maximum absolute atomic E-state index is 11.1. The predicted molar refractivity (Wildman–Crippen MR) is 40.9 cm³/mol. The van der Waals surface area contributed by atoms with E-state index in [1.807, 2.05) is 0 Å². The Morgan fingerprint density at radius 1 is 1.50 bits per heavy atom. The standard InChI is InChI=1S/C8H9NO3/c1-2-3-4-5(10)6-7(12-6)8(9)11/h1,6-7H,3-4H2,(H2,9,11). The molecule has 0 radical (unpaired) electrons. The number of carbonyl (C=O) groups is 2. The SMILES string of the molecule is C#CCCC(=O)C1OC1C(N)=O. The third kappa shape index (κ3) is 1.83. The van der Waals surface area contributed by atoms with Crippen molar-refractivity contribution in [3.63, 3.8) is 0 Å². The lowest BCUT2D eigenvalue weighted by Gasteiger charge is -1.89. The van der Waals surface area contributed by atoms with Crippen LogP contribution in [0.5, 0.6) is 0 Å². The average molecular weight is 167 g/mol. The third-order valence-electron chi connectivity index (χ3n) is 1.61. The van der Waals surface area contributed by atoms with E-state index in [1.165, 1.54) is 0 Å². The van der Waals surface area contributed by atoms with Gasteiger partial charge in [0, 0.05) is 12.8 Å². The Balaban J connectivity index is 2.29. The fourth-order valence-corrected chi connectivity index (χ4v) is 0.911. The van der Waals surface area contributed by atoms with Crippen LogP contribution in [0.15, 0.2) is 0 Å². The molecule has 0 spiro atoms. The molecule has 1 amide bonds. The normalized spacial score (nSPS) is 25.9. The first-order valence-corrected chi connectivity index (χ1v) is 3.57. The first kappa shape index (κ1) is 8.75. The summed E-state index contributed by atoms with van der Waals surface area (Å²) in [6, 6.07) is 0. The van der Waals surface area contributed by atoms with Gasteiger partial charge in [-0.15, -0.1) is 12.3 Å². The van der Waals surface area contributed by atoms with Crippen LogP contribution in [0.4, 0.5) is 0 Å². The molecule has 64 valence electrons. The molecule has 0 aromatic heterocycles. The second-order valence-corrected chi connectivity index (χ2v) is 2.55. The van der Waals surface area contributed by atoms with Crippen LogP contribution < -0.4 is 5.73 Å². The van der Waals surface area contributed by atoms with Gasteiger partial charge in [-0.25, -0.2) is 0 Å².